The van der Waals surface area contributed by atoms with Crippen LogP contribution in [0.4, 0.5) is 47.7 Å². The number of fused-ring (bicyclic) bond motifs is 2. The van der Waals surface area contributed by atoms with Gasteiger partial charge >= 0.3 is 0 Å². The van der Waals surface area contributed by atoms with Crippen LogP contribution in [-0.4, -0.2) is 110 Å². The Morgan fingerprint density at radius 1 is 0.852 bits per heavy atom. The lowest BCUT2D eigenvalue weighted by molar-refractivity contribution is -0.134. The summed E-state index contributed by atoms with van der Waals surface area (Å²) in [5.74, 6) is -3.48. The normalized spacial score (nSPS) is 19.4. The Hall–Kier alpha value is -5.72. The molecule has 2 amide bonds. The fraction of sp³-hybridized carbons (Fsp3) is 0.395. The molecule has 4 aliphatic heterocycles. The van der Waals surface area contributed by atoms with E-state index < -0.39 is 39.4 Å². The van der Waals surface area contributed by atoms with Crippen LogP contribution in [0.2, 0.25) is 0 Å². The minimum absolute atomic E-state index is 0.0114. The number of H-pyrrole nitrogens is 1. The number of aromatic nitrogens is 3. The second-order valence-electron chi connectivity index (χ2n) is 16.2. The first-order chi connectivity index (χ1) is 29.4. The summed E-state index contributed by atoms with van der Waals surface area (Å²) in [7, 11) is -3.48. The second-order valence-corrected chi connectivity index (χ2v) is 18.1. The number of imide groups is 1. The molecule has 6 heterocycles. The van der Waals surface area contributed by atoms with Crippen molar-refractivity contribution < 1.29 is 31.2 Å². The molecule has 4 N–H and O–H groups in total. The molecule has 3 aromatic carbocycles. The van der Waals surface area contributed by atoms with Gasteiger partial charge in [-0.3, -0.25) is 24.1 Å². The van der Waals surface area contributed by atoms with Crippen LogP contribution in [0, 0.1) is 17.5 Å². The molecule has 0 spiro atoms. The Morgan fingerprint density at radius 2 is 1.66 bits per heavy atom. The molecular weight excluding hydrogens is 810 g/mol. The smallest absolute Gasteiger partial charge is 0.234 e. The van der Waals surface area contributed by atoms with Crippen LogP contribution in [0.25, 0.3) is 11.0 Å². The average molecular weight is 857 g/mol. The minimum atomic E-state index is -3.48. The van der Waals surface area contributed by atoms with Gasteiger partial charge in [-0.05, 0) is 73.6 Å². The molecule has 0 saturated carbocycles. The molecule has 5 aromatic rings. The third-order valence-corrected chi connectivity index (χ3v) is 13.6. The van der Waals surface area contributed by atoms with E-state index in [0.717, 1.165) is 44.6 Å². The number of aromatic amines is 1. The van der Waals surface area contributed by atoms with E-state index >= 15 is 13.2 Å². The predicted molar refractivity (Wildman–Crippen MR) is 228 cm³/mol. The van der Waals surface area contributed by atoms with Gasteiger partial charge in [-0.2, -0.15) is 9.97 Å². The maximum atomic E-state index is 15.8. The predicted octanol–water partition coefficient (Wildman–Crippen LogP) is 5.53. The zero-order chi connectivity index (χ0) is 42.4. The van der Waals surface area contributed by atoms with Gasteiger partial charge in [0, 0.05) is 82.3 Å². The Labute approximate surface area is 351 Å². The number of halogens is 3. The van der Waals surface area contributed by atoms with Crippen molar-refractivity contribution in [2.45, 2.75) is 50.5 Å². The molecule has 9 rings (SSSR count). The van der Waals surface area contributed by atoms with E-state index in [4.69, 9.17) is 4.98 Å². The van der Waals surface area contributed by atoms with Crippen molar-refractivity contribution in [2.24, 2.45) is 0 Å². The van der Waals surface area contributed by atoms with E-state index in [-0.39, 0.29) is 35.7 Å². The van der Waals surface area contributed by atoms with Gasteiger partial charge in [0.2, 0.25) is 27.8 Å². The zero-order valence-corrected chi connectivity index (χ0v) is 34.5. The van der Waals surface area contributed by atoms with E-state index in [1.165, 1.54) is 22.7 Å². The van der Waals surface area contributed by atoms with Gasteiger partial charge in [0.15, 0.2) is 11.6 Å². The van der Waals surface area contributed by atoms with Crippen LogP contribution in [0.1, 0.15) is 48.3 Å². The number of nitrogens with one attached hydrogen (secondary N) is 4. The lowest BCUT2D eigenvalue weighted by Gasteiger charge is -2.43. The van der Waals surface area contributed by atoms with E-state index in [9.17, 15) is 18.0 Å². The monoisotopic (exact) mass is 856 g/mol. The number of carbonyl (C=O) groups excluding carboxylic acids is 2. The van der Waals surface area contributed by atoms with Crippen LogP contribution in [0.3, 0.4) is 0 Å². The molecule has 1 atom stereocenters. The van der Waals surface area contributed by atoms with Crippen molar-refractivity contribution in [2.75, 3.05) is 78.5 Å². The highest BCUT2D eigenvalue weighted by atomic mass is 32.2. The van der Waals surface area contributed by atoms with E-state index in [1.807, 2.05) is 24.3 Å². The molecule has 1 unspecified atom stereocenters. The SMILES string of the molecule is CS(=O)(=O)N1CCc2cccc(Nc3nc(Nc4ccc(N5CCC(N6CCN(CCc7ccc(C8CCC(=O)NC8=O)c(F)c7F)CC6)CC5)c(F)c4)nc4[nH]ccc34)c21. The van der Waals surface area contributed by atoms with Crippen molar-refractivity contribution >= 4 is 67.4 Å². The Kier molecular flexibility index (Phi) is 11.1. The first-order valence-corrected chi connectivity index (χ1v) is 22.5. The maximum Gasteiger partial charge on any atom is 0.234 e. The summed E-state index contributed by atoms with van der Waals surface area (Å²) in [6, 6.07) is 15.9. The first kappa shape index (κ1) is 40.7. The van der Waals surface area contributed by atoms with Crippen molar-refractivity contribution in [1.82, 2.24) is 30.1 Å². The largest absolute Gasteiger partial charge is 0.369 e. The summed E-state index contributed by atoms with van der Waals surface area (Å²) >= 11 is 0. The average Bonchev–Trinajstić information content (AvgIpc) is 3.91. The summed E-state index contributed by atoms with van der Waals surface area (Å²) in [5.41, 5.74) is 3.95. The molecule has 3 saturated heterocycles. The molecule has 3 fully saturated rings. The lowest BCUT2D eigenvalue weighted by atomic mass is 9.89. The molecule has 320 valence electrons. The van der Waals surface area contributed by atoms with Crippen LogP contribution in [0.15, 0.2) is 60.8 Å². The molecule has 4 aliphatic rings. The number of sulfonamides is 1. The quantitative estimate of drug-likeness (QED) is 0.124. The van der Waals surface area contributed by atoms with Crippen molar-refractivity contribution in [3.63, 3.8) is 0 Å². The van der Waals surface area contributed by atoms with Crippen molar-refractivity contribution in [3.05, 3.63) is 94.9 Å². The lowest BCUT2D eigenvalue weighted by Crippen LogP contribution is -2.53. The van der Waals surface area contributed by atoms with Gasteiger partial charge in [-0.15, -0.1) is 0 Å². The van der Waals surface area contributed by atoms with Crippen molar-refractivity contribution in [1.29, 1.82) is 0 Å². The summed E-state index contributed by atoms with van der Waals surface area (Å²) in [6.45, 7) is 5.66. The molecule has 14 nitrogen and oxygen atoms in total. The standard InChI is InChI=1S/C43H47F3N10O4S/c1-61(59,60)56-20-13-27-3-2-4-34(39(27)56)49-41-32-11-16-47-40(32)51-43(52-41)48-28-6-9-35(33(44)25-28)55-18-14-29(15-19-55)54-23-21-53(22-24-54)17-12-26-5-7-30(38(46)37(26)45)31-8-10-36(57)50-42(31)58/h2-7,9,11,16,25,29,31H,8,10,12-15,17-24H2,1H3,(H,50,57,58)(H3,47,48,49,51,52). The minimum Gasteiger partial charge on any atom is -0.369 e. The van der Waals surface area contributed by atoms with Gasteiger partial charge in [-0.25, -0.2) is 21.6 Å². The third-order valence-electron chi connectivity index (χ3n) is 12.5. The molecule has 0 bridgehead atoms. The van der Waals surface area contributed by atoms with Crippen LogP contribution in [-0.2, 0) is 32.5 Å². The molecule has 0 radical (unpaired) electrons. The zero-order valence-electron chi connectivity index (χ0n) is 33.7. The highest BCUT2D eigenvalue weighted by Crippen LogP contribution is 2.39. The summed E-state index contributed by atoms with van der Waals surface area (Å²) < 4.78 is 72.5. The molecule has 0 aliphatic carbocycles. The molecule has 2 aromatic heterocycles. The summed E-state index contributed by atoms with van der Waals surface area (Å²) in [6.07, 6.45) is 5.92. The second kappa shape index (κ2) is 16.6. The van der Waals surface area contributed by atoms with Crippen molar-refractivity contribution in [3.8, 4) is 0 Å². The highest BCUT2D eigenvalue weighted by Gasteiger charge is 2.33. The Balaban J connectivity index is 0.778. The maximum absolute atomic E-state index is 15.8. The highest BCUT2D eigenvalue weighted by molar-refractivity contribution is 7.92. The van der Waals surface area contributed by atoms with Gasteiger partial charge in [0.05, 0.1) is 34.6 Å². The van der Waals surface area contributed by atoms with E-state index in [0.29, 0.717) is 84.7 Å². The third kappa shape index (κ3) is 8.35. The van der Waals surface area contributed by atoms with E-state index in [2.05, 4.69) is 40.6 Å². The van der Waals surface area contributed by atoms with Gasteiger partial charge in [0.1, 0.15) is 17.3 Å². The van der Waals surface area contributed by atoms with Crippen LogP contribution < -0.4 is 25.2 Å². The van der Waals surface area contributed by atoms with E-state index in [1.54, 1.807) is 24.4 Å². The fourth-order valence-corrected chi connectivity index (χ4v) is 10.2. The Morgan fingerprint density at radius 3 is 2.41 bits per heavy atom. The van der Waals surface area contributed by atoms with Gasteiger partial charge < -0.3 is 25.4 Å². The number of hydrogen-bond acceptors (Lipinski definition) is 11. The number of para-hydroxylation sites is 1. The molecular formula is C43H47F3N10O4S. The number of carbonyl (C=O) groups is 2. The van der Waals surface area contributed by atoms with Crippen LogP contribution in [0.5, 0.6) is 0 Å². The number of piperidine rings is 2. The number of benzene rings is 3. The number of rotatable bonds is 11. The fourth-order valence-electron chi connectivity index (χ4n) is 9.20. The van der Waals surface area contributed by atoms with Crippen LogP contribution >= 0.6 is 0 Å². The first-order valence-electron chi connectivity index (χ1n) is 20.7. The number of nitrogens with zero attached hydrogens (tertiary/aromatic N) is 6. The summed E-state index contributed by atoms with van der Waals surface area (Å²) in [5, 5.41) is 9.40. The molecule has 18 heteroatoms. The number of anilines is 6. The topological polar surface area (TPSA) is 159 Å². The summed E-state index contributed by atoms with van der Waals surface area (Å²) in [4.78, 5) is 43.0. The van der Waals surface area contributed by atoms with Gasteiger partial charge in [0.25, 0.3) is 0 Å². The van der Waals surface area contributed by atoms with Gasteiger partial charge in [-0.1, -0.05) is 24.3 Å². The molecule has 61 heavy (non-hydrogen) atoms. The Bertz CT molecular complexity index is 2610. The number of amides is 2. The number of hydrogen-bond donors (Lipinski definition) is 4. The number of piperazine rings is 1.